The minimum atomic E-state index is -0.334. The number of anilines is 3. The minimum Gasteiger partial charge on any atom is -0.382 e. The smallest absolute Gasteiger partial charge is 0.269 e. The Morgan fingerprint density at radius 1 is 1.55 bits per heavy atom. The molecule has 102 valence electrons. The van der Waals surface area contributed by atoms with Crippen LogP contribution in [0.4, 0.5) is 16.6 Å². The van der Waals surface area contributed by atoms with Crippen molar-refractivity contribution in [2.45, 2.75) is 6.92 Å². The number of carbonyl (C=O) groups excluding carboxylic acids is 1. The summed E-state index contributed by atoms with van der Waals surface area (Å²) in [5.74, 6) is -0.140. The number of hydrogen-bond acceptors (Lipinski definition) is 6. The van der Waals surface area contributed by atoms with Gasteiger partial charge in [-0.3, -0.25) is 4.79 Å². The molecule has 1 heterocycles. The number of aromatic nitrogens is 1. The van der Waals surface area contributed by atoms with Crippen molar-refractivity contribution in [1.82, 2.24) is 4.98 Å². The highest BCUT2D eigenvalue weighted by Crippen LogP contribution is 2.25. The Balaban J connectivity index is 2.17. The van der Waals surface area contributed by atoms with Gasteiger partial charge in [0.25, 0.3) is 5.91 Å². The number of amides is 1. The number of hydrogen-bond donors (Lipinski definition) is 3. The number of carbonyl (C=O) groups is 1. The van der Waals surface area contributed by atoms with Gasteiger partial charge in [0.05, 0.1) is 11.6 Å². The summed E-state index contributed by atoms with van der Waals surface area (Å²) in [7, 11) is 0. The lowest BCUT2D eigenvalue weighted by Gasteiger charge is -2.03. The Kier molecular flexibility index (Phi) is 4.17. The van der Waals surface area contributed by atoms with Crippen LogP contribution in [0.3, 0.4) is 0 Å². The Morgan fingerprint density at radius 3 is 3.05 bits per heavy atom. The topological polar surface area (TPSA) is 104 Å². The van der Waals surface area contributed by atoms with Crippen molar-refractivity contribution in [3.05, 3.63) is 34.7 Å². The molecule has 0 bridgehead atoms. The summed E-state index contributed by atoms with van der Waals surface area (Å²) in [5, 5.41) is 15.1. The molecule has 0 aliphatic rings. The summed E-state index contributed by atoms with van der Waals surface area (Å²) in [6, 6.07) is 8.69. The predicted octanol–water partition coefficient (Wildman–Crippen LogP) is 2.28. The fraction of sp³-hybridized carbons (Fsp3) is 0.154. The number of nitrogens with zero attached hydrogens (tertiary/aromatic N) is 2. The molecule has 0 unspecified atom stereocenters. The zero-order valence-corrected chi connectivity index (χ0v) is 11.6. The predicted molar refractivity (Wildman–Crippen MR) is 79.8 cm³/mol. The number of nitrogens with two attached hydrogens (primary N) is 1. The van der Waals surface area contributed by atoms with E-state index in [0.717, 1.165) is 0 Å². The van der Waals surface area contributed by atoms with Gasteiger partial charge in [-0.2, -0.15) is 5.26 Å². The molecule has 4 N–H and O–H groups in total. The van der Waals surface area contributed by atoms with Crippen molar-refractivity contribution in [3.63, 3.8) is 0 Å². The molecule has 0 spiro atoms. The van der Waals surface area contributed by atoms with Crippen molar-refractivity contribution in [1.29, 1.82) is 5.26 Å². The maximum absolute atomic E-state index is 12.1. The molecule has 0 atom stereocenters. The van der Waals surface area contributed by atoms with Crippen LogP contribution in [-0.4, -0.2) is 17.4 Å². The largest absolute Gasteiger partial charge is 0.382 e. The second kappa shape index (κ2) is 6.04. The SMILES string of the molecule is CCNc1nc(N)c(C(=O)Nc2cccc(C#N)c2)s1. The van der Waals surface area contributed by atoms with E-state index in [4.69, 9.17) is 11.0 Å². The third-order valence-corrected chi connectivity index (χ3v) is 3.46. The quantitative estimate of drug-likeness (QED) is 0.800. The summed E-state index contributed by atoms with van der Waals surface area (Å²) in [6.07, 6.45) is 0. The van der Waals surface area contributed by atoms with E-state index in [1.807, 2.05) is 13.0 Å². The summed E-state index contributed by atoms with van der Waals surface area (Å²) in [5.41, 5.74) is 6.76. The van der Waals surface area contributed by atoms with Crippen LogP contribution in [0.5, 0.6) is 0 Å². The molecule has 2 aromatic rings. The Labute approximate surface area is 120 Å². The third kappa shape index (κ3) is 3.05. The molecule has 0 saturated heterocycles. The van der Waals surface area contributed by atoms with Crippen LogP contribution in [0.2, 0.25) is 0 Å². The van der Waals surface area contributed by atoms with Crippen molar-refractivity contribution in [3.8, 4) is 6.07 Å². The van der Waals surface area contributed by atoms with Gasteiger partial charge in [-0.05, 0) is 25.1 Å². The zero-order chi connectivity index (χ0) is 14.5. The maximum Gasteiger partial charge on any atom is 0.269 e. The molecule has 0 fully saturated rings. The van der Waals surface area contributed by atoms with Crippen LogP contribution in [0.15, 0.2) is 24.3 Å². The monoisotopic (exact) mass is 287 g/mol. The van der Waals surface area contributed by atoms with Gasteiger partial charge in [0.15, 0.2) is 5.13 Å². The second-order valence-electron chi connectivity index (χ2n) is 3.91. The molecule has 2 rings (SSSR count). The fourth-order valence-electron chi connectivity index (χ4n) is 1.58. The molecule has 1 aromatic heterocycles. The lowest BCUT2D eigenvalue weighted by molar-refractivity contribution is 0.103. The maximum atomic E-state index is 12.1. The highest BCUT2D eigenvalue weighted by Gasteiger charge is 2.16. The van der Waals surface area contributed by atoms with Crippen LogP contribution in [-0.2, 0) is 0 Å². The lowest BCUT2D eigenvalue weighted by Crippen LogP contribution is -2.12. The summed E-state index contributed by atoms with van der Waals surface area (Å²) in [6.45, 7) is 2.64. The van der Waals surface area contributed by atoms with E-state index in [-0.39, 0.29) is 11.7 Å². The third-order valence-electron chi connectivity index (χ3n) is 2.44. The first-order valence-corrected chi connectivity index (χ1v) is 6.77. The van der Waals surface area contributed by atoms with E-state index < -0.39 is 0 Å². The van der Waals surface area contributed by atoms with Crippen LogP contribution in [0, 0.1) is 11.3 Å². The molecule has 0 aliphatic heterocycles. The van der Waals surface area contributed by atoms with Crippen molar-refractivity contribution < 1.29 is 4.79 Å². The highest BCUT2D eigenvalue weighted by molar-refractivity contribution is 7.18. The van der Waals surface area contributed by atoms with Gasteiger partial charge in [0.2, 0.25) is 0 Å². The van der Waals surface area contributed by atoms with Crippen LogP contribution in [0.25, 0.3) is 0 Å². The first kappa shape index (κ1) is 13.8. The average Bonchev–Trinajstić information content (AvgIpc) is 2.80. The standard InChI is InChI=1S/C13H13N5OS/c1-2-16-13-18-11(15)10(20-13)12(19)17-9-5-3-4-8(6-9)7-14/h3-6H,2,15H2,1H3,(H,16,18)(H,17,19). The van der Waals surface area contributed by atoms with Crippen molar-refractivity contribution in [2.24, 2.45) is 0 Å². The molecule has 7 heteroatoms. The Morgan fingerprint density at radius 2 is 2.35 bits per heavy atom. The van der Waals surface area contributed by atoms with E-state index >= 15 is 0 Å². The van der Waals surface area contributed by atoms with Gasteiger partial charge in [0.1, 0.15) is 10.7 Å². The van der Waals surface area contributed by atoms with E-state index in [1.54, 1.807) is 24.3 Å². The van der Waals surface area contributed by atoms with E-state index in [2.05, 4.69) is 15.6 Å². The van der Waals surface area contributed by atoms with Gasteiger partial charge in [-0.15, -0.1) is 0 Å². The molecule has 6 nitrogen and oxygen atoms in total. The van der Waals surface area contributed by atoms with Crippen molar-refractivity contribution in [2.75, 3.05) is 22.9 Å². The minimum absolute atomic E-state index is 0.194. The molecular formula is C13H13N5OS. The van der Waals surface area contributed by atoms with E-state index in [0.29, 0.717) is 27.8 Å². The van der Waals surface area contributed by atoms with Gasteiger partial charge in [-0.1, -0.05) is 17.4 Å². The number of benzene rings is 1. The zero-order valence-electron chi connectivity index (χ0n) is 10.8. The van der Waals surface area contributed by atoms with Crippen LogP contribution >= 0.6 is 11.3 Å². The Hall–Kier alpha value is -2.59. The normalized spacial score (nSPS) is 9.80. The molecule has 0 aliphatic carbocycles. The number of nitrogen functional groups attached to an aromatic ring is 1. The van der Waals surface area contributed by atoms with Gasteiger partial charge in [-0.25, -0.2) is 4.98 Å². The number of nitriles is 1. The van der Waals surface area contributed by atoms with E-state index in [1.165, 1.54) is 11.3 Å². The highest BCUT2D eigenvalue weighted by atomic mass is 32.1. The molecular weight excluding hydrogens is 274 g/mol. The van der Waals surface area contributed by atoms with Crippen molar-refractivity contribution >= 4 is 33.9 Å². The van der Waals surface area contributed by atoms with Crippen LogP contribution in [0.1, 0.15) is 22.2 Å². The molecule has 0 saturated carbocycles. The van der Waals surface area contributed by atoms with Crippen LogP contribution < -0.4 is 16.4 Å². The number of thiazole rings is 1. The number of rotatable bonds is 4. The lowest BCUT2D eigenvalue weighted by atomic mass is 10.2. The van der Waals surface area contributed by atoms with Gasteiger partial charge >= 0.3 is 0 Å². The molecule has 1 amide bonds. The van der Waals surface area contributed by atoms with Gasteiger partial charge in [0, 0.05) is 12.2 Å². The fourth-order valence-corrected chi connectivity index (χ4v) is 2.42. The first-order valence-electron chi connectivity index (χ1n) is 5.95. The summed E-state index contributed by atoms with van der Waals surface area (Å²) < 4.78 is 0. The molecule has 0 radical (unpaired) electrons. The molecule has 20 heavy (non-hydrogen) atoms. The Bertz CT molecular complexity index is 674. The first-order chi connectivity index (χ1) is 9.63. The average molecular weight is 287 g/mol. The van der Waals surface area contributed by atoms with Gasteiger partial charge < -0.3 is 16.4 Å². The number of nitrogens with one attached hydrogen (secondary N) is 2. The summed E-state index contributed by atoms with van der Waals surface area (Å²) >= 11 is 1.20. The van der Waals surface area contributed by atoms with E-state index in [9.17, 15) is 4.79 Å². The summed E-state index contributed by atoms with van der Waals surface area (Å²) in [4.78, 5) is 16.5. The molecule has 1 aromatic carbocycles. The second-order valence-corrected chi connectivity index (χ2v) is 4.91.